The molecule has 0 radical (unpaired) electrons. The summed E-state index contributed by atoms with van der Waals surface area (Å²) in [6, 6.07) is 7.79. The highest BCUT2D eigenvalue weighted by molar-refractivity contribution is 7.15. The van der Waals surface area contributed by atoms with Gasteiger partial charge in [-0.05, 0) is 30.9 Å². The Hall–Kier alpha value is -1.88. The topological polar surface area (TPSA) is 51.2 Å². The van der Waals surface area contributed by atoms with E-state index in [0.29, 0.717) is 11.6 Å². The zero-order valence-corrected chi connectivity index (χ0v) is 11.7. The zero-order chi connectivity index (χ0) is 13.5. The third-order valence-corrected chi connectivity index (χ3v) is 4.84. The average Bonchev–Trinajstić information content (AvgIpc) is 3.10. The number of hydrogen-bond donors (Lipinski definition) is 1. The highest BCUT2D eigenvalue weighted by Gasteiger charge is 2.29. The van der Waals surface area contributed by atoms with E-state index in [0.717, 1.165) is 29.8 Å². The summed E-state index contributed by atoms with van der Waals surface area (Å²) in [5.74, 6) is 0.711. The molecule has 2 aromatic rings. The van der Waals surface area contributed by atoms with Crippen molar-refractivity contribution in [1.29, 1.82) is 0 Å². The molecular weight excluding hydrogens is 272 g/mol. The first-order chi connectivity index (χ1) is 9.79. The molecule has 4 nitrogen and oxygen atoms in total. The average molecular weight is 286 g/mol. The second kappa shape index (κ2) is 4.59. The smallest absolute Gasteiger partial charge is 0.267 e. The number of ether oxygens (including phenoxy) is 1. The van der Waals surface area contributed by atoms with Crippen molar-refractivity contribution in [3.05, 3.63) is 40.4 Å². The second-order valence-corrected chi connectivity index (χ2v) is 6.23. The molecule has 2 aliphatic rings. The first-order valence-electron chi connectivity index (χ1n) is 6.83. The Labute approximate surface area is 120 Å². The van der Waals surface area contributed by atoms with Crippen LogP contribution in [0.4, 0.5) is 5.13 Å². The van der Waals surface area contributed by atoms with Crippen molar-refractivity contribution in [3.8, 4) is 5.75 Å². The number of aromatic nitrogens is 1. The SMILES string of the molecule is O=C(Nc1nc2c(s1)CCC2)C1Cc2ccccc2O1. The van der Waals surface area contributed by atoms with Crippen LogP contribution in [0.15, 0.2) is 24.3 Å². The standard InChI is InChI=1S/C15H14N2O2S/c18-14(12-8-9-4-1-2-6-11(9)19-12)17-15-16-10-5-3-7-13(10)20-15/h1-2,4,6,12H,3,5,7-8H2,(H,16,17,18). The van der Waals surface area contributed by atoms with E-state index in [2.05, 4.69) is 10.3 Å². The number of benzene rings is 1. The molecule has 1 unspecified atom stereocenters. The fraction of sp³-hybridized carbons (Fsp3) is 0.333. The lowest BCUT2D eigenvalue weighted by atomic mass is 10.1. The van der Waals surface area contributed by atoms with Crippen LogP contribution in [-0.2, 0) is 24.1 Å². The fourth-order valence-corrected chi connectivity index (χ4v) is 3.81. The van der Waals surface area contributed by atoms with E-state index >= 15 is 0 Å². The maximum absolute atomic E-state index is 12.2. The van der Waals surface area contributed by atoms with Crippen LogP contribution in [0.5, 0.6) is 5.75 Å². The number of carbonyl (C=O) groups is 1. The molecule has 4 rings (SSSR count). The van der Waals surface area contributed by atoms with Gasteiger partial charge in [-0.3, -0.25) is 10.1 Å². The summed E-state index contributed by atoms with van der Waals surface area (Å²) in [5.41, 5.74) is 2.25. The number of fused-ring (bicyclic) bond motifs is 2. The Morgan fingerprint density at radius 3 is 3.10 bits per heavy atom. The molecule has 1 aromatic carbocycles. The van der Waals surface area contributed by atoms with Gasteiger partial charge in [0.15, 0.2) is 11.2 Å². The summed E-state index contributed by atoms with van der Waals surface area (Å²) in [5, 5.41) is 3.60. The van der Waals surface area contributed by atoms with Crippen LogP contribution in [0.1, 0.15) is 22.6 Å². The van der Waals surface area contributed by atoms with Crippen LogP contribution >= 0.6 is 11.3 Å². The van der Waals surface area contributed by atoms with Crippen LogP contribution in [-0.4, -0.2) is 17.0 Å². The van der Waals surface area contributed by atoms with E-state index in [1.165, 1.54) is 11.3 Å². The fourth-order valence-electron chi connectivity index (χ4n) is 2.76. The van der Waals surface area contributed by atoms with Crippen molar-refractivity contribution in [1.82, 2.24) is 4.98 Å². The van der Waals surface area contributed by atoms with Crippen molar-refractivity contribution >= 4 is 22.4 Å². The highest BCUT2D eigenvalue weighted by atomic mass is 32.1. The van der Waals surface area contributed by atoms with Gasteiger partial charge in [-0.25, -0.2) is 4.98 Å². The minimum atomic E-state index is -0.439. The molecule has 1 aliphatic heterocycles. The minimum Gasteiger partial charge on any atom is -0.480 e. The van der Waals surface area contributed by atoms with Crippen molar-refractivity contribution in [3.63, 3.8) is 0 Å². The van der Waals surface area contributed by atoms with Gasteiger partial charge in [-0.15, -0.1) is 11.3 Å². The summed E-state index contributed by atoms with van der Waals surface area (Å²) < 4.78 is 5.68. The van der Waals surface area contributed by atoms with E-state index in [1.807, 2.05) is 24.3 Å². The number of amides is 1. The Balaban J connectivity index is 1.46. The Morgan fingerprint density at radius 1 is 1.35 bits per heavy atom. The molecule has 1 N–H and O–H groups in total. The molecule has 1 aromatic heterocycles. The van der Waals surface area contributed by atoms with Gasteiger partial charge in [-0.1, -0.05) is 18.2 Å². The van der Waals surface area contributed by atoms with Gasteiger partial charge >= 0.3 is 0 Å². The van der Waals surface area contributed by atoms with Crippen LogP contribution < -0.4 is 10.1 Å². The Kier molecular flexibility index (Phi) is 2.73. The number of rotatable bonds is 2. The first-order valence-corrected chi connectivity index (χ1v) is 7.65. The van der Waals surface area contributed by atoms with Gasteiger partial charge in [0.25, 0.3) is 5.91 Å². The third-order valence-electron chi connectivity index (χ3n) is 3.77. The zero-order valence-electron chi connectivity index (χ0n) is 10.9. The van der Waals surface area contributed by atoms with E-state index < -0.39 is 6.10 Å². The summed E-state index contributed by atoms with van der Waals surface area (Å²) in [4.78, 5) is 18.0. The molecule has 0 spiro atoms. The molecule has 20 heavy (non-hydrogen) atoms. The van der Waals surface area contributed by atoms with Gasteiger partial charge in [0.1, 0.15) is 5.75 Å². The molecule has 0 bridgehead atoms. The lowest BCUT2D eigenvalue weighted by molar-refractivity contribution is -0.122. The van der Waals surface area contributed by atoms with Crippen molar-refractivity contribution in [2.45, 2.75) is 31.8 Å². The molecule has 1 atom stereocenters. The quantitative estimate of drug-likeness (QED) is 0.923. The van der Waals surface area contributed by atoms with Gasteiger partial charge in [-0.2, -0.15) is 0 Å². The lowest BCUT2D eigenvalue weighted by Gasteiger charge is -2.09. The second-order valence-electron chi connectivity index (χ2n) is 5.15. The van der Waals surface area contributed by atoms with Gasteiger partial charge in [0.05, 0.1) is 5.69 Å². The normalized spacial score (nSPS) is 19.3. The first kappa shape index (κ1) is 11.9. The van der Waals surface area contributed by atoms with Crippen molar-refractivity contribution in [2.75, 3.05) is 5.32 Å². The summed E-state index contributed by atoms with van der Waals surface area (Å²) >= 11 is 1.59. The summed E-state index contributed by atoms with van der Waals surface area (Å²) in [6.45, 7) is 0. The maximum atomic E-state index is 12.2. The van der Waals surface area contributed by atoms with Gasteiger partial charge in [0, 0.05) is 11.3 Å². The van der Waals surface area contributed by atoms with Crippen LogP contribution in [0.2, 0.25) is 0 Å². The predicted molar refractivity (Wildman–Crippen MR) is 77.3 cm³/mol. The molecule has 0 saturated carbocycles. The van der Waals surface area contributed by atoms with Gasteiger partial charge in [0.2, 0.25) is 0 Å². The number of nitrogens with one attached hydrogen (secondary N) is 1. The Bertz CT molecular complexity index is 634. The number of hydrogen-bond acceptors (Lipinski definition) is 4. The number of para-hydroxylation sites is 1. The van der Waals surface area contributed by atoms with E-state index in [1.54, 1.807) is 11.3 Å². The molecule has 1 aliphatic carbocycles. The third kappa shape index (κ3) is 1.98. The number of nitrogens with zero attached hydrogens (tertiary/aromatic N) is 1. The molecule has 0 fully saturated rings. The molecule has 2 heterocycles. The minimum absolute atomic E-state index is 0.103. The molecule has 5 heteroatoms. The van der Waals surface area contributed by atoms with Crippen LogP contribution in [0.3, 0.4) is 0 Å². The van der Waals surface area contributed by atoms with Crippen LogP contribution in [0, 0.1) is 0 Å². The van der Waals surface area contributed by atoms with Crippen molar-refractivity contribution in [2.24, 2.45) is 0 Å². The van der Waals surface area contributed by atoms with Gasteiger partial charge < -0.3 is 4.74 Å². The molecule has 102 valence electrons. The van der Waals surface area contributed by atoms with Crippen molar-refractivity contribution < 1.29 is 9.53 Å². The predicted octanol–water partition coefficient (Wildman–Crippen LogP) is 2.57. The summed E-state index contributed by atoms with van der Waals surface area (Å²) in [6.07, 6.45) is 3.50. The Morgan fingerprint density at radius 2 is 2.25 bits per heavy atom. The largest absolute Gasteiger partial charge is 0.480 e. The van der Waals surface area contributed by atoms with E-state index in [9.17, 15) is 4.79 Å². The summed E-state index contributed by atoms with van der Waals surface area (Å²) in [7, 11) is 0. The monoisotopic (exact) mass is 286 g/mol. The molecule has 0 saturated heterocycles. The lowest BCUT2D eigenvalue weighted by Crippen LogP contribution is -2.31. The van der Waals surface area contributed by atoms with E-state index in [-0.39, 0.29) is 5.91 Å². The highest BCUT2D eigenvalue weighted by Crippen LogP contribution is 2.32. The molecule has 1 amide bonds. The maximum Gasteiger partial charge on any atom is 0.267 e. The number of thiazole rings is 1. The number of carbonyl (C=O) groups excluding carboxylic acids is 1. The van der Waals surface area contributed by atoms with Crippen LogP contribution in [0.25, 0.3) is 0 Å². The van der Waals surface area contributed by atoms with E-state index in [4.69, 9.17) is 4.74 Å². The number of aryl methyl sites for hydroxylation is 2. The molecular formula is C15H14N2O2S. The number of anilines is 1.